The van der Waals surface area contributed by atoms with Crippen molar-refractivity contribution in [1.82, 2.24) is 9.29 Å². The molecule has 16 heavy (non-hydrogen) atoms. The van der Waals surface area contributed by atoms with Gasteiger partial charge in [-0.1, -0.05) is 23.2 Å². The summed E-state index contributed by atoms with van der Waals surface area (Å²) in [5, 5.41) is 0.116. The average Bonchev–Trinajstić information content (AvgIpc) is 2.69. The van der Waals surface area contributed by atoms with Gasteiger partial charge >= 0.3 is 0 Å². The van der Waals surface area contributed by atoms with Crippen molar-refractivity contribution in [2.45, 2.75) is 17.7 Å². The van der Waals surface area contributed by atoms with E-state index in [9.17, 15) is 8.42 Å². The van der Waals surface area contributed by atoms with E-state index < -0.39 is 10.0 Å². The molecule has 7 heteroatoms. The molecule has 0 saturated carbocycles. The highest BCUT2D eigenvalue weighted by Crippen LogP contribution is 2.26. The van der Waals surface area contributed by atoms with E-state index in [1.807, 2.05) is 0 Å². The zero-order valence-corrected chi connectivity index (χ0v) is 10.7. The Balaban J connectivity index is 2.42. The first-order valence-electron chi connectivity index (χ1n) is 4.84. The number of hydrogen-bond donors (Lipinski definition) is 0. The van der Waals surface area contributed by atoms with E-state index in [0.29, 0.717) is 13.1 Å². The van der Waals surface area contributed by atoms with Crippen molar-refractivity contribution in [2.24, 2.45) is 0 Å². The third-order valence-corrected chi connectivity index (χ3v) is 5.00. The fourth-order valence-corrected chi connectivity index (χ4v) is 3.81. The van der Waals surface area contributed by atoms with Gasteiger partial charge in [0, 0.05) is 13.1 Å². The molecule has 1 aromatic rings. The van der Waals surface area contributed by atoms with E-state index in [1.165, 1.54) is 16.4 Å². The largest absolute Gasteiger partial charge is 0.246 e. The van der Waals surface area contributed by atoms with Crippen molar-refractivity contribution in [1.29, 1.82) is 0 Å². The summed E-state index contributed by atoms with van der Waals surface area (Å²) in [5.74, 6) is 0. The Hall–Kier alpha value is -0.360. The lowest BCUT2D eigenvalue weighted by Crippen LogP contribution is -2.28. The van der Waals surface area contributed by atoms with Gasteiger partial charge in [0.15, 0.2) is 5.15 Å². The van der Waals surface area contributed by atoms with Gasteiger partial charge in [0.2, 0.25) is 10.0 Å². The van der Waals surface area contributed by atoms with Crippen LogP contribution in [0, 0.1) is 0 Å². The fourth-order valence-electron chi connectivity index (χ4n) is 1.66. The topological polar surface area (TPSA) is 50.3 Å². The van der Waals surface area contributed by atoms with Gasteiger partial charge in [-0.2, -0.15) is 4.31 Å². The monoisotopic (exact) mass is 280 g/mol. The van der Waals surface area contributed by atoms with Gasteiger partial charge in [0.25, 0.3) is 0 Å². The second-order valence-electron chi connectivity index (χ2n) is 3.53. The molecule has 1 saturated heterocycles. The second kappa shape index (κ2) is 4.49. The highest BCUT2D eigenvalue weighted by molar-refractivity contribution is 7.89. The van der Waals surface area contributed by atoms with Gasteiger partial charge in [-0.05, 0) is 25.0 Å². The Bertz CT molecular complexity index is 498. The van der Waals surface area contributed by atoms with E-state index >= 15 is 0 Å². The summed E-state index contributed by atoms with van der Waals surface area (Å²) < 4.78 is 25.7. The predicted octanol–water partition coefficient (Wildman–Crippen LogP) is 2.17. The van der Waals surface area contributed by atoms with Crippen LogP contribution in [0.1, 0.15) is 12.8 Å². The summed E-state index contributed by atoms with van der Waals surface area (Å²) >= 11 is 11.4. The lowest BCUT2D eigenvalue weighted by molar-refractivity contribution is 0.477. The number of aromatic nitrogens is 1. The maximum Gasteiger partial charge on any atom is 0.246 e. The summed E-state index contributed by atoms with van der Waals surface area (Å²) in [6, 6.07) is 2.82. The molecule has 1 aliphatic heterocycles. The second-order valence-corrected chi connectivity index (χ2v) is 6.19. The molecule has 88 valence electrons. The molecular weight excluding hydrogens is 271 g/mol. The quantitative estimate of drug-likeness (QED) is 0.781. The van der Waals surface area contributed by atoms with Crippen molar-refractivity contribution in [2.75, 3.05) is 13.1 Å². The van der Waals surface area contributed by atoms with Crippen LogP contribution in [0.3, 0.4) is 0 Å². The molecule has 0 N–H and O–H groups in total. The maximum atomic E-state index is 12.1. The van der Waals surface area contributed by atoms with E-state index in [0.717, 1.165) is 12.8 Å². The van der Waals surface area contributed by atoms with Crippen LogP contribution in [0.4, 0.5) is 0 Å². The van der Waals surface area contributed by atoms with Crippen LogP contribution in [0.5, 0.6) is 0 Å². The summed E-state index contributed by atoms with van der Waals surface area (Å²) in [7, 11) is -3.51. The normalized spacial score (nSPS) is 17.9. The highest BCUT2D eigenvalue weighted by Gasteiger charge is 2.29. The van der Waals surface area contributed by atoms with Crippen LogP contribution in [0.15, 0.2) is 17.0 Å². The van der Waals surface area contributed by atoms with Crippen LogP contribution in [0.2, 0.25) is 10.3 Å². The van der Waals surface area contributed by atoms with E-state index in [-0.39, 0.29) is 15.2 Å². The van der Waals surface area contributed by atoms with Gasteiger partial charge in [0.05, 0.1) is 0 Å². The van der Waals surface area contributed by atoms with Gasteiger partial charge in [-0.25, -0.2) is 13.4 Å². The molecule has 0 aromatic carbocycles. The molecule has 0 atom stereocenters. The third-order valence-electron chi connectivity index (χ3n) is 2.46. The fraction of sp³-hybridized carbons (Fsp3) is 0.444. The molecular formula is C9H10Cl2N2O2S. The summed E-state index contributed by atoms with van der Waals surface area (Å²) in [4.78, 5) is 3.76. The molecule has 0 amide bonds. The minimum Gasteiger partial charge on any atom is -0.223 e. The molecule has 0 aliphatic carbocycles. The van der Waals surface area contributed by atoms with Crippen LogP contribution in [-0.2, 0) is 10.0 Å². The summed E-state index contributed by atoms with van der Waals surface area (Å²) in [5.41, 5.74) is 0. The Morgan fingerprint density at radius 1 is 1.19 bits per heavy atom. The van der Waals surface area contributed by atoms with Crippen LogP contribution in [0.25, 0.3) is 0 Å². The number of halogens is 2. The van der Waals surface area contributed by atoms with Gasteiger partial charge in [-0.15, -0.1) is 0 Å². The lowest BCUT2D eigenvalue weighted by Gasteiger charge is -2.15. The number of nitrogens with zero attached hydrogens (tertiary/aromatic N) is 2. The summed E-state index contributed by atoms with van der Waals surface area (Å²) in [6.45, 7) is 1.09. The Morgan fingerprint density at radius 3 is 2.38 bits per heavy atom. The number of rotatable bonds is 2. The van der Waals surface area contributed by atoms with Crippen LogP contribution >= 0.6 is 23.2 Å². The van der Waals surface area contributed by atoms with E-state index in [1.54, 1.807) is 0 Å². The molecule has 0 spiro atoms. The molecule has 2 heterocycles. The van der Waals surface area contributed by atoms with Gasteiger partial charge < -0.3 is 0 Å². The Kier molecular flexibility index (Phi) is 3.39. The molecule has 0 bridgehead atoms. The minimum absolute atomic E-state index is 0.0282. The van der Waals surface area contributed by atoms with Crippen molar-refractivity contribution in [3.8, 4) is 0 Å². The van der Waals surface area contributed by atoms with E-state index in [4.69, 9.17) is 23.2 Å². The molecule has 0 radical (unpaired) electrons. The molecule has 1 fully saturated rings. The molecule has 1 aromatic heterocycles. The maximum absolute atomic E-state index is 12.1. The zero-order chi connectivity index (χ0) is 11.8. The molecule has 0 unspecified atom stereocenters. The number of pyridine rings is 1. The first kappa shape index (κ1) is 12.1. The predicted molar refractivity (Wildman–Crippen MR) is 62.2 cm³/mol. The molecule has 4 nitrogen and oxygen atoms in total. The zero-order valence-electron chi connectivity index (χ0n) is 8.36. The van der Waals surface area contributed by atoms with E-state index in [2.05, 4.69) is 4.98 Å². The Morgan fingerprint density at radius 2 is 1.81 bits per heavy atom. The lowest BCUT2D eigenvalue weighted by atomic mass is 10.4. The smallest absolute Gasteiger partial charge is 0.223 e. The molecule has 1 aliphatic rings. The average molecular weight is 281 g/mol. The van der Waals surface area contributed by atoms with Crippen molar-refractivity contribution in [3.05, 3.63) is 22.4 Å². The van der Waals surface area contributed by atoms with Crippen molar-refractivity contribution >= 4 is 33.2 Å². The van der Waals surface area contributed by atoms with Crippen LogP contribution < -0.4 is 0 Å². The SMILES string of the molecule is O=S(=O)(c1ccc(Cl)nc1Cl)N1CCCC1. The summed E-state index contributed by atoms with van der Waals surface area (Å²) in [6.07, 6.45) is 1.77. The molecule has 2 rings (SSSR count). The minimum atomic E-state index is -3.51. The number of hydrogen-bond acceptors (Lipinski definition) is 3. The van der Waals surface area contributed by atoms with Crippen LogP contribution in [-0.4, -0.2) is 30.8 Å². The van der Waals surface area contributed by atoms with Gasteiger partial charge in [0.1, 0.15) is 10.0 Å². The van der Waals surface area contributed by atoms with Crippen molar-refractivity contribution in [3.63, 3.8) is 0 Å². The number of sulfonamides is 1. The Labute approximate surface area is 104 Å². The third kappa shape index (κ3) is 2.18. The first-order valence-corrected chi connectivity index (χ1v) is 7.03. The highest BCUT2D eigenvalue weighted by atomic mass is 35.5. The van der Waals surface area contributed by atoms with Gasteiger partial charge in [-0.3, -0.25) is 0 Å². The van der Waals surface area contributed by atoms with Crippen molar-refractivity contribution < 1.29 is 8.42 Å². The standard InChI is InChI=1S/C9H10Cl2N2O2S/c10-8-4-3-7(9(11)12-8)16(14,15)13-5-1-2-6-13/h3-4H,1-2,5-6H2. The first-order chi connectivity index (χ1) is 7.51.